The highest BCUT2D eigenvalue weighted by atomic mass is 79.9. The van der Waals surface area contributed by atoms with Crippen molar-refractivity contribution in [2.75, 3.05) is 6.54 Å². The molecule has 0 aliphatic rings. The molecule has 0 saturated heterocycles. The van der Waals surface area contributed by atoms with Crippen molar-refractivity contribution in [1.29, 1.82) is 0 Å². The third-order valence-electron chi connectivity index (χ3n) is 2.93. The van der Waals surface area contributed by atoms with Gasteiger partial charge in [-0.2, -0.15) is 0 Å². The molecule has 0 heterocycles. The van der Waals surface area contributed by atoms with Crippen molar-refractivity contribution in [2.45, 2.75) is 20.3 Å². The third-order valence-corrected chi connectivity index (χ3v) is 3.62. The molecule has 0 fully saturated rings. The number of aryl methyl sites for hydroxylation is 1. The fraction of sp³-hybridized carbons (Fsp3) is 0.333. The average Bonchev–Trinajstić information content (AvgIpc) is 2.38. The summed E-state index contributed by atoms with van der Waals surface area (Å²) in [4.78, 5) is 22.5. The molecule has 20 heavy (non-hydrogen) atoms. The van der Waals surface area contributed by atoms with Crippen molar-refractivity contribution in [3.8, 4) is 0 Å². The lowest BCUT2D eigenvalue weighted by molar-refractivity contribution is -0.141. The van der Waals surface area contributed by atoms with Gasteiger partial charge in [0.15, 0.2) is 0 Å². The molecule has 5 heteroatoms. The van der Waals surface area contributed by atoms with E-state index in [2.05, 4.69) is 21.2 Å². The highest BCUT2D eigenvalue weighted by Crippen LogP contribution is 2.19. The molecule has 1 aromatic carbocycles. The molecule has 1 rings (SSSR count). The molecule has 0 aliphatic heterocycles. The van der Waals surface area contributed by atoms with E-state index in [4.69, 9.17) is 5.11 Å². The monoisotopic (exact) mass is 339 g/mol. The molecule has 1 unspecified atom stereocenters. The second-order valence-electron chi connectivity index (χ2n) is 4.55. The number of carbonyl (C=O) groups is 2. The Labute approximate surface area is 127 Å². The highest BCUT2D eigenvalue weighted by Gasteiger charge is 2.14. The summed E-state index contributed by atoms with van der Waals surface area (Å²) >= 11 is 3.43. The molecule has 0 saturated carbocycles. The number of carbonyl (C=O) groups excluding carboxylic acids is 1. The van der Waals surface area contributed by atoms with Crippen LogP contribution < -0.4 is 5.32 Å². The van der Waals surface area contributed by atoms with Gasteiger partial charge in [-0.25, -0.2) is 0 Å². The predicted molar refractivity (Wildman–Crippen MR) is 82.3 cm³/mol. The first-order chi connectivity index (χ1) is 9.43. The Morgan fingerprint density at radius 2 is 2.15 bits per heavy atom. The van der Waals surface area contributed by atoms with Crippen LogP contribution in [0.15, 0.2) is 28.7 Å². The van der Waals surface area contributed by atoms with Gasteiger partial charge in [-0.05, 0) is 36.6 Å². The average molecular weight is 340 g/mol. The quantitative estimate of drug-likeness (QED) is 0.783. The SMILES string of the molecule is CCC(CNC(=O)C=Cc1ccc(C)cc1Br)C(=O)O. The summed E-state index contributed by atoms with van der Waals surface area (Å²) in [6.07, 6.45) is 3.59. The number of nitrogens with one attached hydrogen (secondary N) is 1. The molecule has 4 nitrogen and oxygen atoms in total. The van der Waals surface area contributed by atoms with Gasteiger partial charge in [-0.1, -0.05) is 35.0 Å². The van der Waals surface area contributed by atoms with Crippen molar-refractivity contribution < 1.29 is 14.7 Å². The molecular formula is C15H18BrNO3. The van der Waals surface area contributed by atoms with Gasteiger partial charge in [0.1, 0.15) is 0 Å². The van der Waals surface area contributed by atoms with E-state index in [1.54, 1.807) is 13.0 Å². The molecule has 0 bridgehead atoms. The summed E-state index contributed by atoms with van der Waals surface area (Å²) in [6.45, 7) is 3.91. The van der Waals surface area contributed by atoms with Crippen LogP contribution in [0.1, 0.15) is 24.5 Å². The topological polar surface area (TPSA) is 66.4 Å². The molecular weight excluding hydrogens is 322 g/mol. The minimum Gasteiger partial charge on any atom is -0.481 e. The van der Waals surface area contributed by atoms with Gasteiger partial charge in [0.2, 0.25) is 5.91 Å². The van der Waals surface area contributed by atoms with Gasteiger partial charge < -0.3 is 10.4 Å². The van der Waals surface area contributed by atoms with E-state index in [-0.39, 0.29) is 12.5 Å². The van der Waals surface area contributed by atoms with Crippen LogP contribution in [0.3, 0.4) is 0 Å². The molecule has 1 aromatic rings. The van der Waals surface area contributed by atoms with Crippen molar-refractivity contribution in [1.82, 2.24) is 5.32 Å². The van der Waals surface area contributed by atoms with Crippen LogP contribution in [-0.4, -0.2) is 23.5 Å². The van der Waals surface area contributed by atoms with E-state index < -0.39 is 11.9 Å². The zero-order valence-corrected chi connectivity index (χ0v) is 13.1. The highest BCUT2D eigenvalue weighted by molar-refractivity contribution is 9.10. The Hall–Kier alpha value is -1.62. The lowest BCUT2D eigenvalue weighted by atomic mass is 10.1. The number of rotatable bonds is 6. The molecule has 2 N–H and O–H groups in total. The standard InChI is InChI=1S/C15H18BrNO3/c1-3-11(15(19)20)9-17-14(18)7-6-12-5-4-10(2)8-13(12)16/h4-8,11H,3,9H2,1-2H3,(H,17,18)(H,19,20). The number of carboxylic acids is 1. The van der Waals surface area contributed by atoms with Crippen molar-refractivity contribution in [2.24, 2.45) is 5.92 Å². The van der Waals surface area contributed by atoms with Gasteiger partial charge in [0.25, 0.3) is 0 Å². The van der Waals surface area contributed by atoms with Gasteiger partial charge in [0, 0.05) is 17.1 Å². The second kappa shape index (κ2) is 7.85. The predicted octanol–water partition coefficient (Wildman–Crippen LogP) is 3.00. The Morgan fingerprint density at radius 3 is 2.70 bits per heavy atom. The van der Waals surface area contributed by atoms with Crippen LogP contribution in [-0.2, 0) is 9.59 Å². The maximum Gasteiger partial charge on any atom is 0.308 e. The van der Waals surface area contributed by atoms with E-state index in [1.807, 2.05) is 25.1 Å². The lowest BCUT2D eigenvalue weighted by Gasteiger charge is -2.09. The molecule has 1 amide bonds. The fourth-order valence-electron chi connectivity index (χ4n) is 1.62. The number of aliphatic carboxylic acids is 1. The summed E-state index contributed by atoms with van der Waals surface area (Å²) in [5, 5.41) is 11.5. The van der Waals surface area contributed by atoms with Crippen molar-refractivity contribution >= 4 is 33.9 Å². The molecule has 1 atom stereocenters. The summed E-state index contributed by atoms with van der Waals surface area (Å²) in [7, 11) is 0. The summed E-state index contributed by atoms with van der Waals surface area (Å²) in [5.74, 6) is -1.73. The number of benzene rings is 1. The normalized spacial score (nSPS) is 12.3. The second-order valence-corrected chi connectivity index (χ2v) is 5.40. The van der Waals surface area contributed by atoms with E-state index in [9.17, 15) is 9.59 Å². The van der Waals surface area contributed by atoms with E-state index in [0.717, 1.165) is 15.6 Å². The number of hydrogen-bond acceptors (Lipinski definition) is 2. The smallest absolute Gasteiger partial charge is 0.308 e. The van der Waals surface area contributed by atoms with Crippen LogP contribution in [0.25, 0.3) is 6.08 Å². The first-order valence-corrected chi connectivity index (χ1v) is 7.18. The maximum atomic E-state index is 11.6. The van der Waals surface area contributed by atoms with Crippen LogP contribution in [0, 0.1) is 12.8 Å². The Balaban J connectivity index is 2.57. The molecule has 0 spiro atoms. The minimum absolute atomic E-state index is 0.143. The van der Waals surface area contributed by atoms with Gasteiger partial charge in [0.05, 0.1) is 5.92 Å². The third kappa shape index (κ3) is 5.17. The van der Waals surface area contributed by atoms with Gasteiger partial charge >= 0.3 is 5.97 Å². The number of amides is 1. The molecule has 0 radical (unpaired) electrons. The number of hydrogen-bond donors (Lipinski definition) is 2. The van der Waals surface area contributed by atoms with Crippen molar-refractivity contribution in [3.05, 3.63) is 39.9 Å². The zero-order valence-electron chi connectivity index (χ0n) is 11.5. The zero-order chi connectivity index (χ0) is 15.1. The number of carboxylic acid groups (broad SMARTS) is 1. The molecule has 0 aromatic heterocycles. The van der Waals surface area contributed by atoms with Crippen LogP contribution in [0.2, 0.25) is 0 Å². The molecule has 0 aliphatic carbocycles. The summed E-state index contributed by atoms with van der Waals surface area (Å²) < 4.78 is 0.915. The fourth-order valence-corrected chi connectivity index (χ4v) is 2.25. The van der Waals surface area contributed by atoms with Crippen LogP contribution in [0.4, 0.5) is 0 Å². The Bertz CT molecular complexity index is 526. The first-order valence-electron chi connectivity index (χ1n) is 6.39. The molecule has 108 valence electrons. The van der Waals surface area contributed by atoms with E-state index >= 15 is 0 Å². The Kier molecular flexibility index (Phi) is 6.45. The minimum atomic E-state index is -0.891. The Morgan fingerprint density at radius 1 is 1.45 bits per heavy atom. The maximum absolute atomic E-state index is 11.6. The van der Waals surface area contributed by atoms with Crippen LogP contribution >= 0.6 is 15.9 Å². The van der Waals surface area contributed by atoms with Gasteiger partial charge in [-0.3, -0.25) is 9.59 Å². The summed E-state index contributed by atoms with van der Waals surface area (Å²) in [5.41, 5.74) is 2.03. The van der Waals surface area contributed by atoms with E-state index in [0.29, 0.717) is 6.42 Å². The van der Waals surface area contributed by atoms with Crippen molar-refractivity contribution in [3.63, 3.8) is 0 Å². The number of halogens is 1. The van der Waals surface area contributed by atoms with Crippen LogP contribution in [0.5, 0.6) is 0 Å². The summed E-state index contributed by atoms with van der Waals surface area (Å²) in [6, 6.07) is 5.84. The first kappa shape index (κ1) is 16.4. The lowest BCUT2D eigenvalue weighted by Crippen LogP contribution is -2.31. The van der Waals surface area contributed by atoms with E-state index in [1.165, 1.54) is 6.08 Å². The largest absolute Gasteiger partial charge is 0.481 e. The van der Waals surface area contributed by atoms with Gasteiger partial charge in [-0.15, -0.1) is 0 Å².